The van der Waals surface area contributed by atoms with Gasteiger partial charge in [0, 0.05) is 18.0 Å². The fourth-order valence-corrected chi connectivity index (χ4v) is 3.97. The molecule has 3 rings (SSSR count). The number of hydrogen-bond donors (Lipinski definition) is 1. The number of hydrogen-bond acceptors (Lipinski definition) is 3. The average Bonchev–Trinajstić information content (AvgIpc) is 3.02. The van der Waals surface area contributed by atoms with E-state index in [4.69, 9.17) is 0 Å². The van der Waals surface area contributed by atoms with Gasteiger partial charge in [-0.1, -0.05) is 19.1 Å². The number of rotatable bonds is 6. The Morgan fingerprint density at radius 2 is 1.92 bits per heavy atom. The number of aliphatic carboxylic acids is 1. The summed E-state index contributed by atoms with van der Waals surface area (Å²) in [5.74, 6) is -0.618. The molecule has 130 valence electrons. The Hall–Kier alpha value is -1.68. The molecule has 1 aliphatic carbocycles. The summed E-state index contributed by atoms with van der Waals surface area (Å²) in [6.45, 7) is 4.75. The molecule has 2 aliphatic rings. The van der Waals surface area contributed by atoms with E-state index in [9.17, 15) is 14.7 Å². The van der Waals surface area contributed by atoms with Gasteiger partial charge in [0.2, 0.25) is 0 Å². The molecular formula is C20H27NO3. The second-order valence-corrected chi connectivity index (χ2v) is 7.48. The number of fused-ring (bicyclic) bond motifs is 1. The zero-order valence-electron chi connectivity index (χ0n) is 14.5. The zero-order valence-corrected chi connectivity index (χ0v) is 14.5. The molecule has 1 aromatic carbocycles. The summed E-state index contributed by atoms with van der Waals surface area (Å²) in [7, 11) is 0. The third kappa shape index (κ3) is 4.04. The number of carbonyl (C=O) groups excluding carboxylic acids is 1. The van der Waals surface area contributed by atoms with E-state index in [1.807, 2.05) is 12.1 Å². The highest BCUT2D eigenvalue weighted by Gasteiger charge is 2.27. The van der Waals surface area contributed by atoms with Crippen LogP contribution in [0.2, 0.25) is 0 Å². The molecule has 1 aliphatic heterocycles. The Bertz CT molecular complexity index is 617. The fourth-order valence-electron chi connectivity index (χ4n) is 3.97. The van der Waals surface area contributed by atoms with Gasteiger partial charge < -0.3 is 10.0 Å². The van der Waals surface area contributed by atoms with E-state index in [0.29, 0.717) is 12.1 Å². The molecule has 1 saturated heterocycles. The molecule has 1 unspecified atom stereocenters. The first-order valence-electron chi connectivity index (χ1n) is 9.13. The van der Waals surface area contributed by atoms with Gasteiger partial charge in [0.05, 0.1) is 6.42 Å². The summed E-state index contributed by atoms with van der Waals surface area (Å²) in [5, 5.41) is 9.24. The molecule has 4 nitrogen and oxygen atoms in total. The lowest BCUT2D eigenvalue weighted by Gasteiger charge is -2.32. The number of piperidine rings is 1. The Kier molecular flexibility index (Phi) is 5.34. The average molecular weight is 329 g/mol. The smallest absolute Gasteiger partial charge is 0.304 e. The molecule has 1 fully saturated rings. The van der Waals surface area contributed by atoms with Gasteiger partial charge in [-0.05, 0) is 68.3 Å². The Morgan fingerprint density at radius 1 is 1.21 bits per heavy atom. The maximum atomic E-state index is 12.9. The summed E-state index contributed by atoms with van der Waals surface area (Å²) in [6, 6.07) is 5.94. The van der Waals surface area contributed by atoms with Crippen molar-refractivity contribution >= 4 is 11.8 Å². The van der Waals surface area contributed by atoms with Gasteiger partial charge in [0.1, 0.15) is 0 Å². The van der Waals surface area contributed by atoms with Crippen LogP contribution in [-0.4, -0.2) is 41.4 Å². The normalized spacial score (nSPS) is 19.9. The van der Waals surface area contributed by atoms with Gasteiger partial charge >= 0.3 is 5.97 Å². The first-order chi connectivity index (χ1) is 11.5. The monoisotopic (exact) mass is 329 g/mol. The molecule has 4 heteroatoms. The van der Waals surface area contributed by atoms with Gasteiger partial charge in [-0.15, -0.1) is 0 Å². The Labute approximate surface area is 143 Å². The van der Waals surface area contributed by atoms with E-state index in [-0.39, 0.29) is 12.2 Å². The maximum Gasteiger partial charge on any atom is 0.304 e. The van der Waals surface area contributed by atoms with Gasteiger partial charge in [-0.3, -0.25) is 9.59 Å². The van der Waals surface area contributed by atoms with E-state index >= 15 is 0 Å². The lowest BCUT2D eigenvalue weighted by Crippen LogP contribution is -2.39. The molecule has 0 saturated carbocycles. The third-order valence-electron chi connectivity index (χ3n) is 5.53. The minimum absolute atomic E-state index is 0.00859. The predicted octanol–water partition coefficient (Wildman–Crippen LogP) is 3.18. The van der Waals surface area contributed by atoms with E-state index in [1.165, 1.54) is 11.1 Å². The van der Waals surface area contributed by atoms with Crippen LogP contribution in [0.15, 0.2) is 18.2 Å². The SMILES string of the molecule is CC1CCN(CC(CC(=O)O)C(=O)c2ccc3c(c2)CCC3)CC1. The van der Waals surface area contributed by atoms with Crippen LogP contribution >= 0.6 is 0 Å². The van der Waals surface area contributed by atoms with Crippen LogP contribution in [-0.2, 0) is 17.6 Å². The van der Waals surface area contributed by atoms with Crippen molar-refractivity contribution in [3.63, 3.8) is 0 Å². The van der Waals surface area contributed by atoms with Crippen molar-refractivity contribution in [2.45, 2.75) is 45.4 Å². The maximum absolute atomic E-state index is 12.9. The highest BCUT2D eigenvalue weighted by molar-refractivity contribution is 5.99. The fraction of sp³-hybridized carbons (Fsp3) is 0.600. The van der Waals surface area contributed by atoms with E-state index in [0.717, 1.165) is 51.1 Å². The van der Waals surface area contributed by atoms with Crippen molar-refractivity contribution in [3.8, 4) is 0 Å². The van der Waals surface area contributed by atoms with Crippen molar-refractivity contribution in [1.29, 1.82) is 0 Å². The number of carboxylic acids is 1. The molecule has 1 atom stereocenters. The van der Waals surface area contributed by atoms with Gasteiger partial charge in [-0.25, -0.2) is 0 Å². The molecule has 1 N–H and O–H groups in total. The van der Waals surface area contributed by atoms with Crippen LogP contribution < -0.4 is 0 Å². The molecule has 0 spiro atoms. The number of carbonyl (C=O) groups is 2. The number of likely N-dealkylation sites (tertiary alicyclic amines) is 1. The summed E-state index contributed by atoms with van der Waals surface area (Å²) < 4.78 is 0. The quantitative estimate of drug-likeness (QED) is 0.815. The molecule has 0 amide bonds. The van der Waals surface area contributed by atoms with Crippen LogP contribution in [0.1, 0.15) is 54.1 Å². The largest absolute Gasteiger partial charge is 0.481 e. The number of carboxylic acid groups (broad SMARTS) is 1. The van der Waals surface area contributed by atoms with Crippen molar-refractivity contribution in [1.82, 2.24) is 4.90 Å². The van der Waals surface area contributed by atoms with Crippen molar-refractivity contribution < 1.29 is 14.7 Å². The van der Waals surface area contributed by atoms with E-state index in [1.54, 1.807) is 0 Å². The third-order valence-corrected chi connectivity index (χ3v) is 5.53. The number of ketones is 1. The zero-order chi connectivity index (χ0) is 17.1. The van der Waals surface area contributed by atoms with Crippen molar-refractivity contribution in [3.05, 3.63) is 34.9 Å². The number of Topliss-reactive ketones (excluding diaryl/α,β-unsaturated/α-hetero) is 1. The molecule has 0 aromatic heterocycles. The van der Waals surface area contributed by atoms with Crippen LogP contribution in [0.4, 0.5) is 0 Å². The van der Waals surface area contributed by atoms with Gasteiger partial charge in [0.15, 0.2) is 5.78 Å². The predicted molar refractivity (Wildman–Crippen MR) is 93.4 cm³/mol. The summed E-state index contributed by atoms with van der Waals surface area (Å²) in [5.41, 5.74) is 3.29. The summed E-state index contributed by atoms with van der Waals surface area (Å²) in [6.07, 6.45) is 5.46. The minimum atomic E-state index is -0.889. The second-order valence-electron chi connectivity index (χ2n) is 7.48. The van der Waals surface area contributed by atoms with E-state index < -0.39 is 11.9 Å². The number of nitrogens with zero attached hydrogens (tertiary/aromatic N) is 1. The van der Waals surface area contributed by atoms with E-state index in [2.05, 4.69) is 17.9 Å². The van der Waals surface area contributed by atoms with Crippen LogP contribution in [0.25, 0.3) is 0 Å². The Balaban J connectivity index is 1.72. The van der Waals surface area contributed by atoms with Gasteiger partial charge in [-0.2, -0.15) is 0 Å². The molecule has 24 heavy (non-hydrogen) atoms. The van der Waals surface area contributed by atoms with Crippen LogP contribution in [0, 0.1) is 11.8 Å². The van der Waals surface area contributed by atoms with Crippen LogP contribution in [0.3, 0.4) is 0 Å². The molecule has 1 heterocycles. The molecule has 0 bridgehead atoms. The topological polar surface area (TPSA) is 57.6 Å². The first-order valence-corrected chi connectivity index (χ1v) is 9.13. The van der Waals surface area contributed by atoms with Crippen molar-refractivity contribution in [2.24, 2.45) is 11.8 Å². The highest BCUT2D eigenvalue weighted by Crippen LogP contribution is 2.25. The Morgan fingerprint density at radius 3 is 2.62 bits per heavy atom. The summed E-state index contributed by atoms with van der Waals surface area (Å²) in [4.78, 5) is 26.4. The van der Waals surface area contributed by atoms with Crippen molar-refractivity contribution in [2.75, 3.05) is 19.6 Å². The summed E-state index contributed by atoms with van der Waals surface area (Å²) >= 11 is 0. The minimum Gasteiger partial charge on any atom is -0.481 e. The lowest BCUT2D eigenvalue weighted by atomic mass is 9.91. The first kappa shape index (κ1) is 17.2. The van der Waals surface area contributed by atoms with Gasteiger partial charge in [0.25, 0.3) is 0 Å². The lowest BCUT2D eigenvalue weighted by molar-refractivity contribution is -0.137. The number of aryl methyl sites for hydroxylation is 2. The number of benzene rings is 1. The highest BCUT2D eigenvalue weighted by atomic mass is 16.4. The standard InChI is InChI=1S/C20H27NO3/c1-14-7-9-21(10-8-14)13-18(12-19(22)23)20(24)17-6-5-15-3-2-4-16(15)11-17/h5-6,11,14,18H,2-4,7-10,12-13H2,1H3,(H,22,23). The molecular weight excluding hydrogens is 302 g/mol. The molecule has 0 radical (unpaired) electrons. The van der Waals surface area contributed by atoms with Crippen LogP contribution in [0.5, 0.6) is 0 Å². The molecule has 1 aromatic rings. The second kappa shape index (κ2) is 7.47.